The molecule has 1 aliphatic rings. The first-order valence-corrected chi connectivity index (χ1v) is 7.60. The summed E-state index contributed by atoms with van der Waals surface area (Å²) < 4.78 is 1.85. The minimum atomic E-state index is -0.185. The Bertz CT molecular complexity index is 902. The van der Waals surface area contributed by atoms with E-state index in [4.69, 9.17) is 16.6 Å². The molecule has 1 aromatic heterocycles. The van der Waals surface area contributed by atoms with E-state index in [1.165, 1.54) is 0 Å². The summed E-state index contributed by atoms with van der Waals surface area (Å²) in [7, 11) is 0. The number of aliphatic hydroxyl groups excluding tert-OH is 1. The second kappa shape index (κ2) is 5.61. The zero-order valence-electron chi connectivity index (χ0n) is 12.1. The van der Waals surface area contributed by atoms with Gasteiger partial charge in [-0.1, -0.05) is 41.9 Å². The highest BCUT2D eigenvalue weighted by Crippen LogP contribution is 2.28. The summed E-state index contributed by atoms with van der Waals surface area (Å²) in [5.41, 5.74) is 3.65. The number of hydrogen-bond donors (Lipinski definition) is 1. The Hall–Kier alpha value is -2.50. The lowest BCUT2D eigenvalue weighted by molar-refractivity contribution is 0.268. The molecule has 0 unspecified atom stereocenters. The van der Waals surface area contributed by atoms with Gasteiger partial charge in [-0.2, -0.15) is 0 Å². The third-order valence-electron chi connectivity index (χ3n) is 3.82. The number of rotatable bonds is 2. The van der Waals surface area contributed by atoms with Crippen LogP contribution < -0.4 is 0 Å². The number of nitrogens with zero attached hydrogens (tertiary/aromatic N) is 4. The molecule has 0 fully saturated rings. The molecule has 0 saturated carbocycles. The quantitative estimate of drug-likeness (QED) is 0.786. The van der Waals surface area contributed by atoms with Crippen LogP contribution in [0.4, 0.5) is 0 Å². The topological polar surface area (TPSA) is 63.3 Å². The minimum absolute atomic E-state index is 0.185. The summed E-state index contributed by atoms with van der Waals surface area (Å²) in [6.45, 7) is 0.208. The predicted molar refractivity (Wildman–Crippen MR) is 88.1 cm³/mol. The number of halogens is 1. The van der Waals surface area contributed by atoms with Crippen LogP contribution in [-0.2, 0) is 13.2 Å². The average Bonchev–Trinajstić information content (AvgIpc) is 2.92. The lowest BCUT2D eigenvalue weighted by Gasteiger charge is -2.13. The van der Waals surface area contributed by atoms with Gasteiger partial charge in [-0.05, 0) is 18.2 Å². The molecular weight excluding hydrogens is 318 g/mol. The van der Waals surface area contributed by atoms with Crippen molar-refractivity contribution in [1.29, 1.82) is 0 Å². The van der Waals surface area contributed by atoms with E-state index >= 15 is 0 Å². The first kappa shape index (κ1) is 14.1. The van der Waals surface area contributed by atoms with E-state index in [0.29, 0.717) is 23.2 Å². The summed E-state index contributed by atoms with van der Waals surface area (Å²) in [6.07, 6.45) is 0. The highest BCUT2D eigenvalue weighted by molar-refractivity contribution is 6.31. The molecule has 114 valence electrons. The van der Waals surface area contributed by atoms with E-state index in [1.54, 1.807) is 0 Å². The smallest absolute Gasteiger partial charge is 0.163 e. The Kier molecular flexibility index (Phi) is 3.44. The van der Waals surface area contributed by atoms with E-state index in [-0.39, 0.29) is 6.61 Å². The van der Waals surface area contributed by atoms with Crippen molar-refractivity contribution in [3.05, 3.63) is 76.3 Å². The van der Waals surface area contributed by atoms with Crippen LogP contribution in [0.25, 0.3) is 5.69 Å². The van der Waals surface area contributed by atoms with Crippen molar-refractivity contribution in [3.8, 4) is 5.69 Å². The van der Waals surface area contributed by atoms with Crippen LogP contribution in [-0.4, -0.2) is 25.6 Å². The molecule has 3 aromatic rings. The van der Waals surface area contributed by atoms with Crippen molar-refractivity contribution in [2.75, 3.05) is 0 Å². The largest absolute Gasteiger partial charge is 0.388 e. The van der Waals surface area contributed by atoms with Gasteiger partial charge in [-0.3, -0.25) is 9.56 Å². The SMILES string of the molecule is OCc1nnc2n1-c1ccc(Cl)cc1C([13c]1[13cH][13cH][13cH][13cH][13cH]1)=NC2. The van der Waals surface area contributed by atoms with Gasteiger partial charge in [0.15, 0.2) is 11.6 Å². The maximum Gasteiger partial charge on any atom is 0.163 e. The average molecular weight is 331 g/mol. The van der Waals surface area contributed by atoms with Gasteiger partial charge < -0.3 is 5.11 Å². The van der Waals surface area contributed by atoms with Crippen molar-refractivity contribution in [1.82, 2.24) is 14.8 Å². The number of hydrogen-bond acceptors (Lipinski definition) is 4. The first-order chi connectivity index (χ1) is 11.3. The van der Waals surface area contributed by atoms with E-state index in [2.05, 4.69) is 10.2 Å². The molecule has 1 aliphatic heterocycles. The van der Waals surface area contributed by atoms with Crippen LogP contribution in [0.2, 0.25) is 5.02 Å². The fourth-order valence-electron chi connectivity index (χ4n) is 2.81. The number of fused-ring (bicyclic) bond motifs is 3. The van der Waals surface area contributed by atoms with Crippen molar-refractivity contribution in [2.45, 2.75) is 13.2 Å². The van der Waals surface area contributed by atoms with Gasteiger partial charge in [0.25, 0.3) is 0 Å². The van der Waals surface area contributed by atoms with Gasteiger partial charge in [-0.25, -0.2) is 0 Å². The number of benzene rings is 2. The van der Waals surface area contributed by atoms with Crippen molar-refractivity contribution in [2.24, 2.45) is 4.99 Å². The third-order valence-corrected chi connectivity index (χ3v) is 4.05. The molecular formula is C17H13ClN4O. The van der Waals surface area contributed by atoms with Crippen molar-refractivity contribution < 1.29 is 5.11 Å². The highest BCUT2D eigenvalue weighted by Gasteiger charge is 2.22. The molecule has 5 nitrogen and oxygen atoms in total. The number of aromatic nitrogens is 3. The van der Waals surface area contributed by atoms with Crippen LogP contribution in [0.3, 0.4) is 0 Å². The molecule has 2 heterocycles. The normalized spacial score (nSPS) is 13.0. The van der Waals surface area contributed by atoms with Gasteiger partial charge in [0.2, 0.25) is 0 Å². The zero-order chi connectivity index (χ0) is 15.8. The number of aliphatic hydroxyl groups is 1. The molecule has 0 spiro atoms. The van der Waals surface area contributed by atoms with Gasteiger partial charge in [0, 0.05) is 16.1 Å². The maximum atomic E-state index is 9.55. The van der Waals surface area contributed by atoms with Gasteiger partial charge >= 0.3 is 0 Å². The molecule has 6 heteroatoms. The summed E-state index contributed by atoms with van der Waals surface area (Å²) in [5.74, 6) is 1.19. The Morgan fingerprint density at radius 3 is 2.70 bits per heavy atom. The van der Waals surface area contributed by atoms with E-state index in [0.717, 1.165) is 22.5 Å². The summed E-state index contributed by atoms with van der Waals surface area (Å²) in [4.78, 5) is 4.72. The predicted octanol–water partition coefficient (Wildman–Crippen LogP) is 2.76. The second-order valence-corrected chi connectivity index (χ2v) is 5.65. The van der Waals surface area contributed by atoms with E-state index in [9.17, 15) is 5.11 Å². The Morgan fingerprint density at radius 1 is 1.09 bits per heavy atom. The molecule has 0 amide bonds. The highest BCUT2D eigenvalue weighted by atomic mass is 35.5. The molecule has 4 rings (SSSR count). The Balaban J connectivity index is 2.00. The minimum Gasteiger partial charge on any atom is -0.388 e. The molecule has 23 heavy (non-hydrogen) atoms. The van der Waals surface area contributed by atoms with Crippen LogP contribution in [0.1, 0.15) is 22.8 Å². The molecule has 0 aliphatic carbocycles. The fraction of sp³-hybridized carbons (Fsp3) is 0.118. The molecule has 0 saturated heterocycles. The van der Waals surface area contributed by atoms with Crippen LogP contribution in [0.5, 0.6) is 0 Å². The lowest BCUT2D eigenvalue weighted by Crippen LogP contribution is -2.09. The summed E-state index contributed by atoms with van der Waals surface area (Å²) >= 11 is 6.21. The second-order valence-electron chi connectivity index (χ2n) is 5.22. The maximum absolute atomic E-state index is 9.55. The van der Waals surface area contributed by atoms with E-state index in [1.807, 2.05) is 53.1 Å². The summed E-state index contributed by atoms with van der Waals surface area (Å²) in [6, 6.07) is 15.6. The zero-order valence-corrected chi connectivity index (χ0v) is 12.9. The fourth-order valence-corrected chi connectivity index (χ4v) is 2.98. The van der Waals surface area contributed by atoms with Crippen molar-refractivity contribution in [3.63, 3.8) is 0 Å². The summed E-state index contributed by atoms with van der Waals surface area (Å²) in [5, 5.41) is 18.4. The molecule has 1 N–H and O–H groups in total. The van der Waals surface area contributed by atoms with Crippen molar-refractivity contribution >= 4 is 17.3 Å². The first-order valence-electron chi connectivity index (χ1n) is 7.22. The van der Waals surface area contributed by atoms with E-state index < -0.39 is 0 Å². The van der Waals surface area contributed by atoms with Gasteiger partial charge in [0.1, 0.15) is 13.2 Å². The molecule has 0 atom stereocenters. The monoisotopic (exact) mass is 330 g/mol. The van der Waals surface area contributed by atoms with Crippen LogP contribution >= 0.6 is 11.6 Å². The Morgan fingerprint density at radius 2 is 1.91 bits per heavy atom. The Labute approximate surface area is 137 Å². The standard InChI is InChI=1S/C17H13ClN4O/c18-12-6-7-14-13(8-12)17(11-4-2-1-3-5-11)19-9-15-20-21-16(10-23)22(14)15/h1-8,23H,9-10H2/i1+1,2+1,3+1,4+1,5+1,11+1. The van der Waals surface area contributed by atoms with Gasteiger partial charge in [-0.15, -0.1) is 10.2 Å². The third kappa shape index (κ3) is 2.34. The van der Waals surface area contributed by atoms with Crippen LogP contribution in [0.15, 0.2) is 53.5 Å². The molecule has 2 aromatic carbocycles. The molecule has 0 radical (unpaired) electrons. The van der Waals surface area contributed by atoms with Gasteiger partial charge in [0.05, 0.1) is 11.4 Å². The lowest BCUT2D eigenvalue weighted by atomic mass is 10.1. The molecule has 0 bridgehead atoms. The van der Waals surface area contributed by atoms with Crippen LogP contribution in [0, 0.1) is 0 Å². The number of aliphatic imine (C=N–C) groups is 1.